The molecule has 19 heavy (non-hydrogen) atoms. The van der Waals surface area contributed by atoms with E-state index in [2.05, 4.69) is 16.2 Å². The summed E-state index contributed by atoms with van der Waals surface area (Å²) < 4.78 is 1.85. The van der Waals surface area contributed by atoms with Gasteiger partial charge in [0, 0.05) is 51.4 Å². The molecule has 2 saturated heterocycles. The smallest absolute Gasteiger partial charge is 0.219 e. The second-order valence-electron chi connectivity index (χ2n) is 5.89. The van der Waals surface area contributed by atoms with Crippen LogP contribution in [0.1, 0.15) is 25.3 Å². The van der Waals surface area contributed by atoms with Crippen molar-refractivity contribution in [3.8, 4) is 0 Å². The van der Waals surface area contributed by atoms with Crippen LogP contribution in [-0.2, 0) is 18.4 Å². The van der Waals surface area contributed by atoms with E-state index >= 15 is 0 Å². The van der Waals surface area contributed by atoms with Crippen molar-refractivity contribution in [3.05, 3.63) is 18.0 Å². The normalized spacial score (nSPS) is 27.6. The quantitative estimate of drug-likeness (QED) is 0.794. The van der Waals surface area contributed by atoms with Gasteiger partial charge in [0.2, 0.25) is 5.91 Å². The standard InChI is InChI=1S/C14H22N4O/c1-11(19)18-9-13-4-3-5-17(14(13)10-18)8-12-6-15-16(2)7-12/h6-7,13-14H,3-5,8-10H2,1-2H3/t13-,14+/m0/s1. The summed E-state index contributed by atoms with van der Waals surface area (Å²) in [7, 11) is 1.95. The van der Waals surface area contributed by atoms with Gasteiger partial charge in [0.25, 0.3) is 0 Å². The number of likely N-dealkylation sites (tertiary alicyclic amines) is 2. The van der Waals surface area contributed by atoms with Crippen LogP contribution in [0.2, 0.25) is 0 Å². The molecule has 2 aliphatic rings. The summed E-state index contributed by atoms with van der Waals surface area (Å²) >= 11 is 0. The van der Waals surface area contributed by atoms with Gasteiger partial charge in [-0.1, -0.05) is 0 Å². The lowest BCUT2D eigenvalue weighted by Gasteiger charge is -2.36. The summed E-state index contributed by atoms with van der Waals surface area (Å²) in [6.07, 6.45) is 6.54. The maximum absolute atomic E-state index is 11.6. The molecule has 0 radical (unpaired) electrons. The van der Waals surface area contributed by atoms with E-state index < -0.39 is 0 Å². The van der Waals surface area contributed by atoms with Gasteiger partial charge in [-0.05, 0) is 25.3 Å². The maximum atomic E-state index is 11.6. The van der Waals surface area contributed by atoms with Gasteiger partial charge >= 0.3 is 0 Å². The number of carbonyl (C=O) groups excluding carboxylic acids is 1. The molecule has 2 fully saturated rings. The number of aromatic nitrogens is 2. The Morgan fingerprint density at radius 3 is 3.00 bits per heavy atom. The number of nitrogens with zero attached hydrogens (tertiary/aromatic N) is 4. The Kier molecular flexibility index (Phi) is 3.31. The second kappa shape index (κ2) is 4.96. The van der Waals surface area contributed by atoms with E-state index in [1.54, 1.807) is 6.92 Å². The van der Waals surface area contributed by atoms with Crippen LogP contribution in [0, 0.1) is 5.92 Å². The average Bonchev–Trinajstić information content (AvgIpc) is 2.96. The summed E-state index contributed by atoms with van der Waals surface area (Å²) in [4.78, 5) is 16.1. The molecule has 3 rings (SSSR count). The first-order valence-corrected chi connectivity index (χ1v) is 7.10. The van der Waals surface area contributed by atoms with Crippen molar-refractivity contribution in [2.24, 2.45) is 13.0 Å². The highest BCUT2D eigenvalue weighted by Crippen LogP contribution is 2.31. The molecule has 0 N–H and O–H groups in total. The topological polar surface area (TPSA) is 41.4 Å². The van der Waals surface area contributed by atoms with E-state index in [1.165, 1.54) is 18.4 Å². The number of rotatable bonds is 2. The van der Waals surface area contributed by atoms with Crippen molar-refractivity contribution < 1.29 is 4.79 Å². The number of hydrogen-bond donors (Lipinski definition) is 0. The third-order valence-electron chi connectivity index (χ3n) is 4.49. The zero-order chi connectivity index (χ0) is 13.4. The lowest BCUT2D eigenvalue weighted by Crippen LogP contribution is -2.44. The predicted octanol–water partition coefficient (Wildman–Crippen LogP) is 0.863. The zero-order valence-electron chi connectivity index (χ0n) is 11.7. The maximum Gasteiger partial charge on any atom is 0.219 e. The van der Waals surface area contributed by atoms with Gasteiger partial charge in [-0.2, -0.15) is 5.10 Å². The molecule has 3 heterocycles. The summed E-state index contributed by atoms with van der Waals surface area (Å²) in [5.74, 6) is 0.880. The molecule has 2 atom stereocenters. The number of hydrogen-bond acceptors (Lipinski definition) is 3. The van der Waals surface area contributed by atoms with E-state index in [9.17, 15) is 4.79 Å². The van der Waals surface area contributed by atoms with Gasteiger partial charge < -0.3 is 4.90 Å². The highest BCUT2D eigenvalue weighted by Gasteiger charge is 2.39. The second-order valence-corrected chi connectivity index (χ2v) is 5.89. The minimum absolute atomic E-state index is 0.218. The zero-order valence-corrected chi connectivity index (χ0v) is 11.7. The van der Waals surface area contributed by atoms with Crippen LogP contribution in [0.25, 0.3) is 0 Å². The molecule has 1 aromatic rings. The lowest BCUT2D eigenvalue weighted by atomic mass is 9.92. The third-order valence-corrected chi connectivity index (χ3v) is 4.49. The van der Waals surface area contributed by atoms with E-state index in [-0.39, 0.29) is 5.91 Å². The number of carbonyl (C=O) groups is 1. The molecular weight excluding hydrogens is 240 g/mol. The molecule has 104 valence electrons. The van der Waals surface area contributed by atoms with Crippen LogP contribution in [0.4, 0.5) is 0 Å². The highest BCUT2D eigenvalue weighted by molar-refractivity contribution is 5.73. The van der Waals surface area contributed by atoms with Crippen LogP contribution >= 0.6 is 0 Å². The monoisotopic (exact) mass is 262 g/mol. The van der Waals surface area contributed by atoms with Crippen molar-refractivity contribution in [3.63, 3.8) is 0 Å². The van der Waals surface area contributed by atoms with Gasteiger partial charge in [0.05, 0.1) is 6.20 Å². The predicted molar refractivity (Wildman–Crippen MR) is 72.4 cm³/mol. The van der Waals surface area contributed by atoms with Crippen LogP contribution in [0.15, 0.2) is 12.4 Å². The minimum Gasteiger partial charge on any atom is -0.341 e. The molecule has 0 unspecified atom stereocenters. The van der Waals surface area contributed by atoms with Crippen LogP contribution in [0.3, 0.4) is 0 Å². The fourth-order valence-corrected chi connectivity index (χ4v) is 3.52. The fourth-order valence-electron chi connectivity index (χ4n) is 3.52. The number of aryl methyl sites for hydroxylation is 1. The van der Waals surface area contributed by atoms with E-state index in [4.69, 9.17) is 0 Å². The minimum atomic E-state index is 0.218. The Labute approximate surface area is 114 Å². The Morgan fingerprint density at radius 2 is 2.32 bits per heavy atom. The van der Waals surface area contributed by atoms with Crippen molar-refractivity contribution >= 4 is 5.91 Å². The lowest BCUT2D eigenvalue weighted by molar-refractivity contribution is -0.128. The molecule has 1 aromatic heterocycles. The Balaban J connectivity index is 1.70. The van der Waals surface area contributed by atoms with Crippen molar-refractivity contribution in [1.82, 2.24) is 19.6 Å². The van der Waals surface area contributed by atoms with Gasteiger partial charge in [-0.25, -0.2) is 0 Å². The van der Waals surface area contributed by atoms with Crippen LogP contribution in [-0.4, -0.2) is 51.2 Å². The molecular formula is C14H22N4O. The molecule has 5 nitrogen and oxygen atoms in total. The molecule has 1 amide bonds. The van der Waals surface area contributed by atoms with Gasteiger partial charge in [0.15, 0.2) is 0 Å². The summed E-state index contributed by atoms with van der Waals surface area (Å²) in [6.45, 7) is 5.63. The molecule has 5 heteroatoms. The van der Waals surface area contributed by atoms with Crippen LogP contribution in [0.5, 0.6) is 0 Å². The Morgan fingerprint density at radius 1 is 1.47 bits per heavy atom. The first kappa shape index (κ1) is 12.7. The number of piperidine rings is 1. The van der Waals surface area contributed by atoms with Gasteiger partial charge in [-0.15, -0.1) is 0 Å². The molecule has 0 bridgehead atoms. The molecule has 0 aromatic carbocycles. The molecule has 0 saturated carbocycles. The van der Waals surface area contributed by atoms with Crippen molar-refractivity contribution in [1.29, 1.82) is 0 Å². The Bertz CT molecular complexity index is 470. The van der Waals surface area contributed by atoms with Gasteiger partial charge in [0.1, 0.15) is 0 Å². The van der Waals surface area contributed by atoms with E-state index in [1.807, 2.05) is 22.8 Å². The van der Waals surface area contributed by atoms with Crippen molar-refractivity contribution in [2.75, 3.05) is 19.6 Å². The van der Waals surface area contributed by atoms with Gasteiger partial charge in [-0.3, -0.25) is 14.4 Å². The average molecular weight is 262 g/mol. The highest BCUT2D eigenvalue weighted by atomic mass is 16.2. The molecule has 0 aliphatic carbocycles. The number of fused-ring (bicyclic) bond motifs is 1. The number of amides is 1. The first-order valence-electron chi connectivity index (χ1n) is 7.10. The fraction of sp³-hybridized carbons (Fsp3) is 0.714. The Hall–Kier alpha value is -1.36. The summed E-state index contributed by atoms with van der Waals surface area (Å²) in [6, 6.07) is 0.540. The third kappa shape index (κ3) is 2.52. The SMILES string of the molecule is CC(=O)N1C[C@@H]2CCCN(Cc3cnn(C)c3)[C@@H]2C1. The summed E-state index contributed by atoms with van der Waals surface area (Å²) in [5, 5.41) is 4.24. The molecule has 2 aliphatic heterocycles. The largest absolute Gasteiger partial charge is 0.341 e. The van der Waals surface area contributed by atoms with E-state index in [0.717, 1.165) is 26.2 Å². The van der Waals surface area contributed by atoms with Crippen LogP contribution < -0.4 is 0 Å². The first-order chi connectivity index (χ1) is 9.13. The molecule has 0 spiro atoms. The summed E-state index contributed by atoms with van der Waals surface area (Å²) in [5.41, 5.74) is 1.27. The van der Waals surface area contributed by atoms with Crippen molar-refractivity contribution in [2.45, 2.75) is 32.4 Å². The van der Waals surface area contributed by atoms with E-state index in [0.29, 0.717) is 12.0 Å².